The summed E-state index contributed by atoms with van der Waals surface area (Å²) in [6.07, 6.45) is 3.22. The average Bonchev–Trinajstić information content (AvgIpc) is 3.11. The van der Waals surface area contributed by atoms with Crippen LogP contribution in [0.1, 0.15) is 29.6 Å². The first kappa shape index (κ1) is 18.2. The molecule has 1 saturated heterocycles. The first-order valence-corrected chi connectivity index (χ1v) is 9.48. The Balaban J connectivity index is 1.92. The van der Waals surface area contributed by atoms with Gasteiger partial charge in [-0.1, -0.05) is 30.3 Å². The number of imidazole rings is 1. The van der Waals surface area contributed by atoms with Crippen LogP contribution in [-0.2, 0) is 20.6 Å². The number of hydrogen-bond donors (Lipinski definition) is 0. The average molecular weight is 381 g/mol. The highest BCUT2D eigenvalue weighted by Gasteiger charge is 2.25. The SMILES string of the molecule is Cn1c(=O)c2nc(N3CCCCC3)n(CC(=O)c3ccccc3)c2n(C)c1=O. The predicted molar refractivity (Wildman–Crippen MR) is 107 cm³/mol. The summed E-state index contributed by atoms with van der Waals surface area (Å²) < 4.78 is 4.17. The van der Waals surface area contributed by atoms with E-state index in [1.807, 2.05) is 18.2 Å². The molecule has 0 aliphatic carbocycles. The van der Waals surface area contributed by atoms with E-state index in [0.717, 1.165) is 36.9 Å². The third-order valence-corrected chi connectivity index (χ3v) is 5.36. The maximum atomic E-state index is 12.9. The van der Waals surface area contributed by atoms with Crippen LogP contribution >= 0.6 is 0 Å². The van der Waals surface area contributed by atoms with Crippen LogP contribution < -0.4 is 16.1 Å². The number of hydrogen-bond acceptors (Lipinski definition) is 5. The van der Waals surface area contributed by atoms with Gasteiger partial charge in [0.15, 0.2) is 16.9 Å². The van der Waals surface area contributed by atoms with E-state index in [4.69, 9.17) is 0 Å². The molecule has 0 amide bonds. The summed E-state index contributed by atoms with van der Waals surface area (Å²) in [5.41, 5.74) is 0.310. The summed E-state index contributed by atoms with van der Waals surface area (Å²) in [4.78, 5) is 44.8. The van der Waals surface area contributed by atoms with Crippen LogP contribution in [0.4, 0.5) is 5.95 Å². The molecule has 4 rings (SSSR count). The molecule has 1 aliphatic rings. The Labute approximate surface area is 161 Å². The summed E-state index contributed by atoms with van der Waals surface area (Å²) in [6.45, 7) is 1.65. The standard InChI is InChI=1S/C20H23N5O3/c1-22-17-16(18(27)23(2)20(22)28)21-19(24-11-7-4-8-12-24)25(17)13-15(26)14-9-5-3-6-10-14/h3,5-6,9-10H,4,7-8,11-13H2,1-2H3. The van der Waals surface area contributed by atoms with Crippen LogP contribution in [0.2, 0.25) is 0 Å². The number of nitrogens with zero attached hydrogens (tertiary/aromatic N) is 5. The summed E-state index contributed by atoms with van der Waals surface area (Å²) in [6, 6.07) is 9.02. The van der Waals surface area contributed by atoms with Crippen molar-refractivity contribution in [3.8, 4) is 0 Å². The molecule has 28 heavy (non-hydrogen) atoms. The van der Waals surface area contributed by atoms with Crippen molar-refractivity contribution in [3.05, 3.63) is 56.7 Å². The molecule has 3 heterocycles. The van der Waals surface area contributed by atoms with Crippen LogP contribution in [0.3, 0.4) is 0 Å². The zero-order valence-corrected chi connectivity index (χ0v) is 16.1. The number of piperidine rings is 1. The third kappa shape index (κ3) is 2.94. The summed E-state index contributed by atoms with van der Waals surface area (Å²) in [5, 5.41) is 0. The van der Waals surface area contributed by atoms with Crippen LogP contribution in [0, 0.1) is 0 Å². The molecule has 0 radical (unpaired) electrons. The van der Waals surface area contributed by atoms with E-state index >= 15 is 0 Å². The lowest BCUT2D eigenvalue weighted by molar-refractivity contribution is 0.0973. The molecule has 0 bridgehead atoms. The van der Waals surface area contributed by atoms with E-state index in [-0.39, 0.29) is 17.8 Å². The maximum Gasteiger partial charge on any atom is 0.332 e. The van der Waals surface area contributed by atoms with Crippen molar-refractivity contribution in [1.29, 1.82) is 0 Å². The molecule has 1 aliphatic heterocycles. The minimum atomic E-state index is -0.442. The molecule has 0 saturated carbocycles. The summed E-state index contributed by atoms with van der Waals surface area (Å²) in [7, 11) is 3.05. The third-order valence-electron chi connectivity index (χ3n) is 5.36. The zero-order chi connectivity index (χ0) is 19.8. The Morgan fingerprint density at radius 1 is 1.00 bits per heavy atom. The first-order chi connectivity index (χ1) is 13.5. The van der Waals surface area contributed by atoms with Crippen molar-refractivity contribution < 1.29 is 4.79 Å². The Hall–Kier alpha value is -3.16. The molecule has 3 aromatic rings. The Morgan fingerprint density at radius 2 is 1.68 bits per heavy atom. The van der Waals surface area contributed by atoms with Gasteiger partial charge in [-0.3, -0.25) is 23.3 Å². The fourth-order valence-electron chi connectivity index (χ4n) is 3.82. The fraction of sp³-hybridized carbons (Fsp3) is 0.400. The number of carbonyl (C=O) groups is 1. The van der Waals surface area contributed by atoms with Gasteiger partial charge in [0.05, 0.1) is 6.54 Å². The second-order valence-corrected chi connectivity index (χ2v) is 7.21. The fourth-order valence-corrected chi connectivity index (χ4v) is 3.82. The topological polar surface area (TPSA) is 82.1 Å². The number of rotatable bonds is 4. The molecule has 0 unspecified atom stereocenters. The molecule has 8 nitrogen and oxygen atoms in total. The van der Waals surface area contributed by atoms with Crippen LogP contribution in [0.15, 0.2) is 39.9 Å². The molecule has 0 N–H and O–H groups in total. The van der Waals surface area contributed by atoms with Gasteiger partial charge in [-0.15, -0.1) is 0 Å². The predicted octanol–water partition coefficient (Wildman–Crippen LogP) is 1.31. The van der Waals surface area contributed by atoms with E-state index in [2.05, 4.69) is 9.88 Å². The molecular weight excluding hydrogens is 358 g/mol. The monoisotopic (exact) mass is 381 g/mol. The van der Waals surface area contributed by atoms with Gasteiger partial charge in [0.1, 0.15) is 0 Å². The lowest BCUT2D eigenvalue weighted by Crippen LogP contribution is -2.37. The van der Waals surface area contributed by atoms with E-state index in [9.17, 15) is 14.4 Å². The van der Waals surface area contributed by atoms with Gasteiger partial charge < -0.3 is 4.90 Å². The second kappa shape index (κ2) is 7.10. The van der Waals surface area contributed by atoms with Crippen molar-refractivity contribution in [1.82, 2.24) is 18.7 Å². The Morgan fingerprint density at radius 3 is 2.36 bits per heavy atom. The van der Waals surface area contributed by atoms with Gasteiger partial charge >= 0.3 is 5.69 Å². The minimum absolute atomic E-state index is 0.0206. The van der Waals surface area contributed by atoms with Gasteiger partial charge in [0.2, 0.25) is 5.95 Å². The quantitative estimate of drug-likeness (QED) is 0.637. The van der Waals surface area contributed by atoms with E-state index in [1.165, 1.54) is 11.6 Å². The number of fused-ring (bicyclic) bond motifs is 1. The largest absolute Gasteiger partial charge is 0.342 e. The summed E-state index contributed by atoms with van der Waals surface area (Å²) >= 11 is 0. The van der Waals surface area contributed by atoms with E-state index < -0.39 is 11.2 Å². The van der Waals surface area contributed by atoms with Gasteiger partial charge in [-0.2, -0.15) is 0 Å². The molecule has 0 atom stereocenters. The van der Waals surface area contributed by atoms with E-state index in [0.29, 0.717) is 17.2 Å². The lowest BCUT2D eigenvalue weighted by atomic mass is 10.1. The molecular formula is C20H23N5O3. The molecule has 0 spiro atoms. The Bertz CT molecular complexity index is 1150. The van der Waals surface area contributed by atoms with Crippen LogP contribution in [-0.4, -0.2) is 37.6 Å². The van der Waals surface area contributed by atoms with Crippen molar-refractivity contribution in [2.24, 2.45) is 14.1 Å². The van der Waals surface area contributed by atoms with Crippen molar-refractivity contribution in [3.63, 3.8) is 0 Å². The normalized spacial score (nSPS) is 14.6. The van der Waals surface area contributed by atoms with Crippen LogP contribution in [0.25, 0.3) is 11.2 Å². The lowest BCUT2D eigenvalue weighted by Gasteiger charge is -2.28. The molecule has 1 fully saturated rings. The first-order valence-electron chi connectivity index (χ1n) is 9.48. The number of ketones is 1. The van der Waals surface area contributed by atoms with Crippen molar-refractivity contribution in [2.75, 3.05) is 18.0 Å². The number of benzene rings is 1. The number of aromatic nitrogens is 4. The maximum absolute atomic E-state index is 12.9. The number of carbonyl (C=O) groups excluding carboxylic acids is 1. The smallest absolute Gasteiger partial charge is 0.332 e. The number of anilines is 1. The highest BCUT2D eigenvalue weighted by atomic mass is 16.2. The van der Waals surface area contributed by atoms with Gasteiger partial charge in [-0.05, 0) is 19.3 Å². The Kier molecular flexibility index (Phi) is 4.62. The van der Waals surface area contributed by atoms with Gasteiger partial charge in [-0.25, -0.2) is 9.78 Å². The number of Topliss-reactive ketones (excluding diaryl/α,β-unsaturated/α-hetero) is 1. The molecule has 8 heteroatoms. The van der Waals surface area contributed by atoms with Crippen molar-refractivity contribution in [2.45, 2.75) is 25.8 Å². The van der Waals surface area contributed by atoms with Crippen molar-refractivity contribution >= 4 is 22.9 Å². The van der Waals surface area contributed by atoms with Gasteiger partial charge in [0.25, 0.3) is 5.56 Å². The highest BCUT2D eigenvalue weighted by Crippen LogP contribution is 2.23. The second-order valence-electron chi connectivity index (χ2n) is 7.21. The molecule has 146 valence electrons. The van der Waals surface area contributed by atoms with Crippen LogP contribution in [0.5, 0.6) is 0 Å². The van der Waals surface area contributed by atoms with E-state index in [1.54, 1.807) is 23.7 Å². The summed E-state index contributed by atoms with van der Waals surface area (Å²) in [5.74, 6) is 0.489. The highest BCUT2D eigenvalue weighted by molar-refractivity contribution is 5.96. The molecule has 1 aromatic carbocycles. The minimum Gasteiger partial charge on any atom is -0.342 e. The zero-order valence-electron chi connectivity index (χ0n) is 16.1. The number of aryl methyl sites for hydroxylation is 1. The van der Waals surface area contributed by atoms with Gasteiger partial charge in [0, 0.05) is 32.7 Å². The molecule has 2 aromatic heterocycles.